The van der Waals surface area contributed by atoms with Crippen LogP contribution >= 0.6 is 11.3 Å². The van der Waals surface area contributed by atoms with Crippen LogP contribution in [-0.4, -0.2) is 23.5 Å². The van der Waals surface area contributed by atoms with Gasteiger partial charge in [0, 0.05) is 33.3 Å². The predicted molar refractivity (Wildman–Crippen MR) is 123 cm³/mol. The topological polar surface area (TPSA) is 58.6 Å². The number of aliphatic hydroxyl groups is 1. The second kappa shape index (κ2) is 7.94. The van der Waals surface area contributed by atoms with E-state index < -0.39 is 17.7 Å². The molecule has 1 unspecified atom stereocenters. The Balaban J connectivity index is 1.99. The lowest BCUT2D eigenvalue weighted by Crippen LogP contribution is -2.32. The fourth-order valence-corrected chi connectivity index (χ4v) is 4.90. The standard InChI is InChI=1S/C25H24FNO3S/c1-14-13-25(2,3)27-18-10-9-17(16-8-7-15(26)12-19(16)30-4)22(21(14)18)24(29)23(28)20-6-5-11-31-20/h5-13,23,27-28H,1-4H3. The van der Waals surface area contributed by atoms with Crippen molar-refractivity contribution in [2.45, 2.75) is 32.4 Å². The summed E-state index contributed by atoms with van der Waals surface area (Å²) in [5, 5.41) is 16.2. The molecule has 4 rings (SSSR count). The Morgan fingerprint density at radius 2 is 1.94 bits per heavy atom. The molecular formula is C25H24FNO3S. The van der Waals surface area contributed by atoms with Gasteiger partial charge in [-0.15, -0.1) is 11.3 Å². The van der Waals surface area contributed by atoms with E-state index in [1.807, 2.05) is 24.4 Å². The van der Waals surface area contributed by atoms with E-state index in [9.17, 15) is 14.3 Å². The van der Waals surface area contributed by atoms with Gasteiger partial charge >= 0.3 is 0 Å². The van der Waals surface area contributed by atoms with Gasteiger partial charge in [0.25, 0.3) is 0 Å². The Bertz CT molecular complexity index is 1180. The van der Waals surface area contributed by atoms with Gasteiger partial charge in [-0.05, 0) is 61.6 Å². The maximum absolute atomic E-state index is 13.8. The number of carbonyl (C=O) groups excluding carboxylic acids is 1. The van der Waals surface area contributed by atoms with Crippen molar-refractivity contribution in [2.24, 2.45) is 0 Å². The minimum absolute atomic E-state index is 0.279. The van der Waals surface area contributed by atoms with Crippen LogP contribution in [0.1, 0.15) is 47.7 Å². The average Bonchev–Trinajstić information content (AvgIpc) is 3.26. The number of rotatable bonds is 5. The largest absolute Gasteiger partial charge is 0.496 e. The SMILES string of the molecule is COc1cc(F)ccc1-c1ccc2c(c1C(=O)C(O)c1cccs1)C(C)=CC(C)(C)N2. The molecule has 31 heavy (non-hydrogen) atoms. The van der Waals surface area contributed by atoms with Crippen LogP contribution in [0.25, 0.3) is 16.7 Å². The highest BCUT2D eigenvalue weighted by Crippen LogP contribution is 2.44. The highest BCUT2D eigenvalue weighted by molar-refractivity contribution is 7.10. The number of ether oxygens (including phenoxy) is 1. The molecule has 1 aliphatic heterocycles. The van der Waals surface area contributed by atoms with Crippen molar-refractivity contribution in [2.75, 3.05) is 12.4 Å². The van der Waals surface area contributed by atoms with Crippen molar-refractivity contribution in [1.29, 1.82) is 0 Å². The second-order valence-corrected chi connectivity index (χ2v) is 9.19. The third-order valence-electron chi connectivity index (χ3n) is 5.40. The van der Waals surface area contributed by atoms with Gasteiger partial charge in [-0.25, -0.2) is 4.39 Å². The number of hydrogen-bond donors (Lipinski definition) is 2. The van der Waals surface area contributed by atoms with Crippen LogP contribution in [-0.2, 0) is 0 Å². The molecule has 4 nitrogen and oxygen atoms in total. The highest BCUT2D eigenvalue weighted by Gasteiger charge is 2.32. The van der Waals surface area contributed by atoms with Crippen molar-refractivity contribution in [3.05, 3.63) is 75.7 Å². The number of Topliss-reactive ketones (excluding diaryl/α,β-unsaturated/α-hetero) is 1. The number of methoxy groups -OCH3 is 1. The third-order valence-corrected chi connectivity index (χ3v) is 6.32. The molecule has 0 saturated heterocycles. The summed E-state index contributed by atoms with van der Waals surface area (Å²) >= 11 is 1.33. The minimum Gasteiger partial charge on any atom is -0.496 e. The summed E-state index contributed by atoms with van der Waals surface area (Å²) in [6.45, 7) is 6.07. The van der Waals surface area contributed by atoms with Crippen LogP contribution in [0.2, 0.25) is 0 Å². The van der Waals surface area contributed by atoms with Crippen LogP contribution in [0.3, 0.4) is 0 Å². The first-order valence-corrected chi connectivity index (χ1v) is 10.8. The van der Waals surface area contributed by atoms with Crippen LogP contribution in [0, 0.1) is 5.82 Å². The maximum Gasteiger partial charge on any atom is 0.197 e. The van der Waals surface area contributed by atoms with Crippen molar-refractivity contribution in [3.63, 3.8) is 0 Å². The fourth-order valence-electron chi connectivity index (χ4n) is 4.19. The number of halogens is 1. The van der Waals surface area contributed by atoms with Crippen LogP contribution in [0.5, 0.6) is 5.75 Å². The van der Waals surface area contributed by atoms with Crippen molar-refractivity contribution < 1.29 is 19.0 Å². The van der Waals surface area contributed by atoms with Gasteiger partial charge in [-0.1, -0.05) is 18.2 Å². The summed E-state index contributed by atoms with van der Waals surface area (Å²) in [5.74, 6) is -0.509. The molecule has 160 valence electrons. The lowest BCUT2D eigenvalue weighted by molar-refractivity contribution is 0.0754. The quantitative estimate of drug-likeness (QED) is 0.475. The molecule has 1 aromatic heterocycles. The zero-order valence-corrected chi connectivity index (χ0v) is 18.6. The predicted octanol–water partition coefficient (Wildman–Crippen LogP) is 6.09. The Morgan fingerprint density at radius 3 is 2.61 bits per heavy atom. The number of hydrogen-bond acceptors (Lipinski definition) is 5. The molecule has 0 amide bonds. The minimum atomic E-state index is -1.29. The van der Waals surface area contributed by atoms with E-state index in [2.05, 4.69) is 25.2 Å². The molecule has 0 bridgehead atoms. The molecule has 0 fully saturated rings. The maximum atomic E-state index is 13.8. The molecule has 0 saturated carbocycles. The zero-order valence-electron chi connectivity index (χ0n) is 17.8. The summed E-state index contributed by atoms with van der Waals surface area (Å²) in [4.78, 5) is 14.2. The first-order chi connectivity index (χ1) is 14.7. The first-order valence-electron chi connectivity index (χ1n) is 9.96. The molecule has 1 atom stereocenters. The number of ketones is 1. The van der Waals surface area contributed by atoms with Crippen molar-refractivity contribution in [3.8, 4) is 16.9 Å². The van der Waals surface area contributed by atoms with Gasteiger partial charge in [-0.3, -0.25) is 4.79 Å². The number of allylic oxidation sites excluding steroid dienone is 1. The second-order valence-electron chi connectivity index (χ2n) is 8.21. The Kier molecular flexibility index (Phi) is 5.45. The molecule has 0 spiro atoms. The summed E-state index contributed by atoms with van der Waals surface area (Å²) < 4.78 is 19.2. The van der Waals surface area contributed by atoms with Crippen molar-refractivity contribution >= 4 is 28.4 Å². The molecule has 1 aliphatic rings. The molecular weight excluding hydrogens is 413 g/mol. The van der Waals surface area contributed by atoms with E-state index in [4.69, 9.17) is 4.74 Å². The van der Waals surface area contributed by atoms with E-state index in [0.29, 0.717) is 27.3 Å². The van der Waals surface area contributed by atoms with Crippen molar-refractivity contribution in [1.82, 2.24) is 0 Å². The smallest absolute Gasteiger partial charge is 0.197 e. The lowest BCUT2D eigenvalue weighted by Gasteiger charge is -2.33. The summed E-state index contributed by atoms with van der Waals surface area (Å²) in [5.41, 5.74) is 3.78. The highest BCUT2D eigenvalue weighted by atomic mass is 32.1. The number of nitrogens with one attached hydrogen (secondary N) is 1. The number of benzene rings is 2. The van der Waals surface area contributed by atoms with Gasteiger partial charge in [0.15, 0.2) is 11.9 Å². The number of fused-ring (bicyclic) bond motifs is 1. The number of aliphatic hydroxyl groups excluding tert-OH is 1. The van der Waals surface area contributed by atoms with Crippen LogP contribution in [0.15, 0.2) is 53.9 Å². The molecule has 6 heteroatoms. The molecule has 3 aromatic rings. The fraction of sp³-hybridized carbons (Fsp3) is 0.240. The molecule has 2 aromatic carbocycles. The van der Waals surface area contributed by atoms with Gasteiger partial charge in [0.05, 0.1) is 12.6 Å². The van der Waals surface area contributed by atoms with Gasteiger partial charge in [0.1, 0.15) is 11.6 Å². The monoisotopic (exact) mass is 437 g/mol. The van der Waals surface area contributed by atoms with Crippen LogP contribution in [0.4, 0.5) is 10.1 Å². The normalized spacial score (nSPS) is 15.5. The number of thiophene rings is 1. The Labute approximate surface area is 185 Å². The van der Waals surface area contributed by atoms with E-state index >= 15 is 0 Å². The summed E-state index contributed by atoms with van der Waals surface area (Å²) in [6, 6.07) is 11.5. The number of anilines is 1. The first kappa shape index (κ1) is 21.3. The lowest BCUT2D eigenvalue weighted by atomic mass is 9.82. The summed E-state index contributed by atoms with van der Waals surface area (Å²) in [7, 11) is 1.47. The third kappa shape index (κ3) is 3.89. The Hall–Kier alpha value is -2.96. The van der Waals surface area contributed by atoms with Gasteiger partial charge in [0.2, 0.25) is 0 Å². The van der Waals surface area contributed by atoms with E-state index in [-0.39, 0.29) is 5.54 Å². The Morgan fingerprint density at radius 1 is 1.19 bits per heavy atom. The van der Waals surface area contributed by atoms with E-state index in [0.717, 1.165) is 16.8 Å². The zero-order chi connectivity index (χ0) is 22.3. The average molecular weight is 438 g/mol. The van der Waals surface area contributed by atoms with Gasteiger partial charge < -0.3 is 15.2 Å². The number of carbonyl (C=O) groups is 1. The van der Waals surface area contributed by atoms with Crippen LogP contribution < -0.4 is 10.1 Å². The molecule has 0 aliphatic carbocycles. The van der Waals surface area contributed by atoms with Gasteiger partial charge in [-0.2, -0.15) is 0 Å². The molecule has 2 N–H and O–H groups in total. The molecule has 0 radical (unpaired) electrons. The molecule has 2 heterocycles. The van der Waals surface area contributed by atoms with E-state index in [1.54, 1.807) is 18.2 Å². The summed E-state index contributed by atoms with van der Waals surface area (Å²) in [6.07, 6.45) is 0.773. The van der Waals surface area contributed by atoms with E-state index in [1.165, 1.54) is 30.6 Å².